The molecule has 0 saturated carbocycles. The molecule has 1 aliphatic heterocycles. The maximum Gasteiger partial charge on any atom is 0.410 e. The van der Waals surface area contributed by atoms with Gasteiger partial charge >= 0.3 is 6.09 Å². The molecule has 1 aliphatic rings. The number of piperidine rings is 1. The molecule has 0 atom stereocenters. The van der Waals surface area contributed by atoms with Gasteiger partial charge in [0.05, 0.1) is 0 Å². The van der Waals surface area contributed by atoms with Crippen LogP contribution in [0, 0.1) is 5.92 Å². The Morgan fingerprint density at radius 1 is 1.21 bits per heavy atom. The SMILES string of the molecule is C=C/C=C\C=C(/CC)C(=O)CC1CCN(C(=O)OC(C)(C)C)CC1. The average Bonchev–Trinajstić information content (AvgIpc) is 2.50. The quantitative estimate of drug-likeness (QED) is 0.524. The van der Waals surface area contributed by atoms with Crippen molar-refractivity contribution in [3.05, 3.63) is 36.5 Å². The molecule has 1 amide bonds. The van der Waals surface area contributed by atoms with Crippen LogP contribution in [-0.2, 0) is 9.53 Å². The maximum atomic E-state index is 12.4. The standard InChI is InChI=1S/C20H31NO3/c1-6-8-9-10-17(7-2)18(22)15-16-11-13-21(14-12-16)19(23)24-20(3,4)5/h6,8-10,16H,1,7,11-15H2,2-5H3/b9-8-,17-10+. The number of ketones is 1. The highest BCUT2D eigenvalue weighted by Crippen LogP contribution is 2.24. The van der Waals surface area contributed by atoms with Gasteiger partial charge in [0, 0.05) is 19.5 Å². The largest absolute Gasteiger partial charge is 0.444 e. The Morgan fingerprint density at radius 3 is 2.33 bits per heavy atom. The summed E-state index contributed by atoms with van der Waals surface area (Å²) in [5, 5.41) is 0. The zero-order chi connectivity index (χ0) is 18.2. The van der Waals surface area contributed by atoms with Crippen LogP contribution in [0.3, 0.4) is 0 Å². The van der Waals surface area contributed by atoms with E-state index in [0.29, 0.717) is 25.4 Å². The molecule has 4 heteroatoms. The topological polar surface area (TPSA) is 46.6 Å². The zero-order valence-electron chi connectivity index (χ0n) is 15.5. The predicted molar refractivity (Wildman–Crippen MR) is 97.9 cm³/mol. The summed E-state index contributed by atoms with van der Waals surface area (Å²) in [5.74, 6) is 0.552. The van der Waals surface area contributed by atoms with Crippen molar-refractivity contribution in [1.29, 1.82) is 0 Å². The molecular weight excluding hydrogens is 302 g/mol. The molecule has 0 radical (unpaired) electrons. The summed E-state index contributed by atoms with van der Waals surface area (Å²) in [7, 11) is 0. The fraction of sp³-hybridized carbons (Fsp3) is 0.600. The molecule has 0 aromatic rings. The van der Waals surface area contributed by atoms with Crippen LogP contribution >= 0.6 is 0 Å². The van der Waals surface area contributed by atoms with E-state index in [-0.39, 0.29) is 11.9 Å². The number of Topliss-reactive ketones (excluding diaryl/α,β-unsaturated/α-hetero) is 1. The first-order valence-corrected chi connectivity index (χ1v) is 8.76. The van der Waals surface area contributed by atoms with Crippen LogP contribution in [-0.4, -0.2) is 35.5 Å². The number of hydrogen-bond acceptors (Lipinski definition) is 3. The Morgan fingerprint density at radius 2 is 1.83 bits per heavy atom. The van der Waals surface area contributed by atoms with Crippen molar-refractivity contribution >= 4 is 11.9 Å². The van der Waals surface area contributed by atoms with Crippen molar-refractivity contribution in [1.82, 2.24) is 4.90 Å². The highest BCUT2D eigenvalue weighted by molar-refractivity contribution is 5.95. The lowest BCUT2D eigenvalue weighted by molar-refractivity contribution is -0.116. The third-order valence-electron chi connectivity index (χ3n) is 4.02. The Hall–Kier alpha value is -1.84. The van der Waals surface area contributed by atoms with Gasteiger partial charge in [-0.1, -0.05) is 37.8 Å². The van der Waals surface area contributed by atoms with Crippen LogP contribution in [0.2, 0.25) is 0 Å². The Kier molecular flexibility index (Phi) is 7.96. The Bertz CT molecular complexity index is 503. The number of nitrogens with zero attached hydrogens (tertiary/aromatic N) is 1. The second-order valence-corrected chi connectivity index (χ2v) is 7.20. The lowest BCUT2D eigenvalue weighted by Crippen LogP contribution is -2.42. The zero-order valence-corrected chi connectivity index (χ0v) is 15.5. The van der Waals surface area contributed by atoms with E-state index >= 15 is 0 Å². The summed E-state index contributed by atoms with van der Waals surface area (Å²) < 4.78 is 5.40. The predicted octanol–water partition coefficient (Wildman–Crippen LogP) is 4.67. The van der Waals surface area contributed by atoms with Crippen molar-refractivity contribution in [3.63, 3.8) is 0 Å². The van der Waals surface area contributed by atoms with Crippen LogP contribution in [0.25, 0.3) is 0 Å². The highest BCUT2D eigenvalue weighted by atomic mass is 16.6. The summed E-state index contributed by atoms with van der Waals surface area (Å²) in [6.07, 6.45) is 9.99. The summed E-state index contributed by atoms with van der Waals surface area (Å²) in [6.45, 7) is 12.6. The van der Waals surface area contributed by atoms with Crippen molar-refractivity contribution in [2.75, 3.05) is 13.1 Å². The summed E-state index contributed by atoms with van der Waals surface area (Å²) in [4.78, 5) is 26.2. The molecule has 0 N–H and O–H groups in total. The summed E-state index contributed by atoms with van der Waals surface area (Å²) in [5.41, 5.74) is 0.381. The Balaban J connectivity index is 2.49. The fourth-order valence-corrected chi connectivity index (χ4v) is 2.70. The smallest absolute Gasteiger partial charge is 0.410 e. The number of amides is 1. The molecule has 134 valence electrons. The fourth-order valence-electron chi connectivity index (χ4n) is 2.70. The van der Waals surface area contributed by atoms with Crippen molar-refractivity contribution in [3.8, 4) is 0 Å². The first kappa shape index (κ1) is 20.2. The highest BCUT2D eigenvalue weighted by Gasteiger charge is 2.28. The molecular formula is C20H31NO3. The van der Waals surface area contributed by atoms with Gasteiger partial charge in [0.25, 0.3) is 0 Å². The molecule has 0 bridgehead atoms. The van der Waals surface area contributed by atoms with E-state index < -0.39 is 5.60 Å². The molecule has 1 heterocycles. The lowest BCUT2D eigenvalue weighted by atomic mass is 9.89. The van der Waals surface area contributed by atoms with Gasteiger partial charge in [0.2, 0.25) is 0 Å². The molecule has 0 aromatic carbocycles. The van der Waals surface area contributed by atoms with Gasteiger partial charge in [-0.25, -0.2) is 4.79 Å². The average molecular weight is 333 g/mol. The number of rotatable bonds is 6. The first-order valence-electron chi connectivity index (χ1n) is 8.76. The number of carbonyl (C=O) groups excluding carboxylic acids is 2. The minimum atomic E-state index is -0.469. The van der Waals surface area contributed by atoms with Gasteiger partial charge in [-0.15, -0.1) is 0 Å². The molecule has 1 saturated heterocycles. The molecule has 0 unspecified atom stereocenters. The van der Waals surface area contributed by atoms with Gasteiger partial charge in [-0.3, -0.25) is 4.79 Å². The molecule has 0 aromatic heterocycles. The Labute approximate surface area is 146 Å². The minimum Gasteiger partial charge on any atom is -0.444 e. The molecule has 1 rings (SSSR count). The van der Waals surface area contributed by atoms with Gasteiger partial charge in [-0.05, 0) is 51.5 Å². The van der Waals surface area contributed by atoms with Crippen LogP contribution in [0.15, 0.2) is 36.5 Å². The van der Waals surface area contributed by atoms with Gasteiger partial charge < -0.3 is 9.64 Å². The van der Waals surface area contributed by atoms with Crippen LogP contribution < -0.4 is 0 Å². The van der Waals surface area contributed by atoms with E-state index in [0.717, 1.165) is 24.8 Å². The van der Waals surface area contributed by atoms with Crippen LogP contribution in [0.4, 0.5) is 4.79 Å². The lowest BCUT2D eigenvalue weighted by Gasteiger charge is -2.33. The number of hydrogen-bond donors (Lipinski definition) is 0. The molecule has 0 aliphatic carbocycles. The van der Waals surface area contributed by atoms with Crippen molar-refractivity contribution in [2.45, 2.75) is 59.0 Å². The second-order valence-electron chi connectivity index (χ2n) is 7.20. The second kappa shape index (κ2) is 9.45. The molecule has 24 heavy (non-hydrogen) atoms. The van der Waals surface area contributed by atoms with E-state index in [4.69, 9.17) is 4.74 Å². The molecule has 0 spiro atoms. The maximum absolute atomic E-state index is 12.4. The summed E-state index contributed by atoms with van der Waals surface area (Å²) >= 11 is 0. The number of likely N-dealkylation sites (tertiary alicyclic amines) is 1. The summed E-state index contributed by atoms with van der Waals surface area (Å²) in [6, 6.07) is 0. The number of carbonyl (C=O) groups is 2. The molecule has 4 nitrogen and oxygen atoms in total. The van der Waals surface area contributed by atoms with Crippen molar-refractivity contribution < 1.29 is 14.3 Å². The van der Waals surface area contributed by atoms with E-state index in [2.05, 4.69) is 6.58 Å². The normalized spacial score (nSPS) is 17.2. The third kappa shape index (κ3) is 7.16. The number of ether oxygens (including phenoxy) is 1. The van der Waals surface area contributed by atoms with Gasteiger partial charge in [0.1, 0.15) is 5.60 Å². The molecule has 1 fully saturated rings. The van der Waals surface area contributed by atoms with E-state index in [9.17, 15) is 9.59 Å². The van der Waals surface area contributed by atoms with Gasteiger partial charge in [0.15, 0.2) is 5.78 Å². The van der Waals surface area contributed by atoms with E-state index in [1.165, 1.54) is 0 Å². The van der Waals surface area contributed by atoms with E-state index in [1.807, 2.05) is 45.9 Å². The first-order chi connectivity index (χ1) is 11.3. The van der Waals surface area contributed by atoms with Gasteiger partial charge in [-0.2, -0.15) is 0 Å². The third-order valence-corrected chi connectivity index (χ3v) is 4.02. The monoisotopic (exact) mass is 333 g/mol. The number of allylic oxidation sites excluding steroid dienone is 5. The van der Waals surface area contributed by atoms with Crippen LogP contribution in [0.1, 0.15) is 53.4 Å². The minimum absolute atomic E-state index is 0.210. The van der Waals surface area contributed by atoms with Crippen molar-refractivity contribution in [2.24, 2.45) is 5.92 Å². The van der Waals surface area contributed by atoms with Crippen LogP contribution in [0.5, 0.6) is 0 Å². The van der Waals surface area contributed by atoms with E-state index in [1.54, 1.807) is 11.0 Å².